The molecule has 0 saturated heterocycles. The molecule has 3 N–H and O–H groups in total. The van der Waals surface area contributed by atoms with Crippen molar-refractivity contribution in [1.82, 2.24) is 0 Å². The normalized spacial score (nSPS) is 57.8. The Morgan fingerprint density at radius 2 is 1.48 bits per heavy atom. The highest BCUT2D eigenvalue weighted by atomic mass is 16.3. The van der Waals surface area contributed by atoms with E-state index in [0.29, 0.717) is 11.8 Å². The zero-order valence-electron chi connectivity index (χ0n) is 22.4. The zero-order valence-corrected chi connectivity index (χ0v) is 22.4. The summed E-state index contributed by atoms with van der Waals surface area (Å²) in [5.74, 6) is 1.21. The summed E-state index contributed by atoms with van der Waals surface area (Å²) < 4.78 is 0. The molecule has 0 spiro atoms. The number of hydrogen-bond donors (Lipinski definition) is 3. The first kappa shape index (κ1) is 24.3. The molecule has 5 aliphatic rings. The Morgan fingerprint density at radius 1 is 0.818 bits per heavy atom. The first-order valence-electron chi connectivity index (χ1n) is 13.9. The molecule has 0 radical (unpaired) electrons. The van der Waals surface area contributed by atoms with Gasteiger partial charge in [-0.05, 0) is 96.7 Å². The number of hydrogen-bond acceptors (Lipinski definition) is 3. The van der Waals surface area contributed by atoms with E-state index in [1.54, 1.807) is 5.57 Å². The van der Waals surface area contributed by atoms with Crippen LogP contribution in [0.3, 0.4) is 0 Å². The largest absolute Gasteiger partial charge is 0.396 e. The molecule has 0 aromatic heterocycles. The van der Waals surface area contributed by atoms with E-state index >= 15 is 0 Å². The Labute approximate surface area is 202 Å². The average molecular weight is 459 g/mol. The molecule has 0 heterocycles. The van der Waals surface area contributed by atoms with Gasteiger partial charge in [0.2, 0.25) is 0 Å². The molecule has 188 valence electrons. The van der Waals surface area contributed by atoms with E-state index < -0.39 is 11.5 Å². The minimum Gasteiger partial charge on any atom is -0.396 e. The van der Waals surface area contributed by atoms with E-state index in [9.17, 15) is 15.3 Å². The summed E-state index contributed by atoms with van der Waals surface area (Å²) in [5, 5.41) is 33.0. The maximum Gasteiger partial charge on any atom is 0.0661 e. The minimum absolute atomic E-state index is 0.0207. The lowest BCUT2D eigenvalue weighted by atomic mass is 9.33. The van der Waals surface area contributed by atoms with Gasteiger partial charge in [-0.25, -0.2) is 0 Å². The second-order valence-corrected chi connectivity index (χ2v) is 15.1. The Morgan fingerprint density at radius 3 is 2.15 bits per heavy atom. The average Bonchev–Trinajstić information content (AvgIpc) is 2.75. The van der Waals surface area contributed by atoms with Gasteiger partial charge in [0, 0.05) is 11.3 Å². The van der Waals surface area contributed by atoms with Crippen LogP contribution in [0.2, 0.25) is 0 Å². The van der Waals surface area contributed by atoms with Crippen LogP contribution in [-0.4, -0.2) is 34.1 Å². The Kier molecular flexibility index (Phi) is 5.23. The Balaban J connectivity index is 1.59. The predicted octanol–water partition coefficient (Wildman–Crippen LogP) is 6.11. The van der Waals surface area contributed by atoms with Crippen LogP contribution in [0.25, 0.3) is 0 Å². The highest BCUT2D eigenvalue weighted by molar-refractivity contribution is 5.34. The molecule has 4 fully saturated rings. The van der Waals surface area contributed by atoms with Gasteiger partial charge >= 0.3 is 0 Å². The van der Waals surface area contributed by atoms with Crippen LogP contribution in [0.1, 0.15) is 106 Å². The van der Waals surface area contributed by atoms with Gasteiger partial charge in [-0.2, -0.15) is 0 Å². The second kappa shape index (κ2) is 7.10. The molecule has 3 heteroatoms. The van der Waals surface area contributed by atoms with Gasteiger partial charge in [0.1, 0.15) is 0 Å². The van der Waals surface area contributed by atoms with E-state index in [0.717, 1.165) is 38.5 Å². The molecule has 0 aliphatic heterocycles. The molecular formula is C30H50O3. The Bertz CT molecular complexity index is 847. The molecule has 5 rings (SSSR count). The summed E-state index contributed by atoms with van der Waals surface area (Å²) in [6.45, 7) is 16.8. The summed E-state index contributed by atoms with van der Waals surface area (Å²) in [4.78, 5) is 0. The smallest absolute Gasteiger partial charge is 0.0661 e. The lowest BCUT2D eigenvalue weighted by molar-refractivity contribution is -0.218. The van der Waals surface area contributed by atoms with Gasteiger partial charge < -0.3 is 15.3 Å². The summed E-state index contributed by atoms with van der Waals surface area (Å²) in [6, 6.07) is 0. The highest BCUT2D eigenvalue weighted by Crippen LogP contribution is 2.75. The molecule has 33 heavy (non-hydrogen) atoms. The summed E-state index contributed by atoms with van der Waals surface area (Å²) in [5.41, 5.74) is 1.84. The Hall–Kier alpha value is -0.380. The van der Waals surface area contributed by atoms with Crippen molar-refractivity contribution >= 4 is 0 Å². The van der Waals surface area contributed by atoms with Crippen LogP contribution >= 0.6 is 0 Å². The molecule has 0 amide bonds. The van der Waals surface area contributed by atoms with E-state index in [2.05, 4.69) is 54.5 Å². The van der Waals surface area contributed by atoms with Gasteiger partial charge in [-0.15, -0.1) is 0 Å². The lowest BCUT2D eigenvalue weighted by Crippen LogP contribution is -2.66. The minimum atomic E-state index is -0.398. The van der Waals surface area contributed by atoms with Crippen LogP contribution in [0, 0.1) is 50.2 Å². The lowest BCUT2D eigenvalue weighted by Gasteiger charge is -2.71. The van der Waals surface area contributed by atoms with Crippen molar-refractivity contribution in [2.24, 2.45) is 50.2 Å². The summed E-state index contributed by atoms with van der Waals surface area (Å²) in [7, 11) is 0. The third-order valence-corrected chi connectivity index (χ3v) is 13.4. The summed E-state index contributed by atoms with van der Waals surface area (Å²) >= 11 is 0. The van der Waals surface area contributed by atoms with Gasteiger partial charge in [-0.1, -0.05) is 60.1 Å². The molecule has 4 saturated carbocycles. The third-order valence-electron chi connectivity index (χ3n) is 13.4. The van der Waals surface area contributed by atoms with Gasteiger partial charge in [0.25, 0.3) is 0 Å². The molecule has 3 nitrogen and oxygen atoms in total. The topological polar surface area (TPSA) is 60.7 Å². The van der Waals surface area contributed by atoms with Gasteiger partial charge in [0.15, 0.2) is 0 Å². The van der Waals surface area contributed by atoms with Gasteiger partial charge in [0.05, 0.1) is 18.8 Å². The van der Waals surface area contributed by atoms with Crippen molar-refractivity contribution in [3.8, 4) is 0 Å². The molecule has 0 bridgehead atoms. The molecular weight excluding hydrogens is 408 g/mol. The molecule has 0 aromatic rings. The first-order valence-corrected chi connectivity index (χ1v) is 13.9. The van der Waals surface area contributed by atoms with Crippen molar-refractivity contribution in [3.05, 3.63) is 11.6 Å². The number of rotatable bonds is 1. The fourth-order valence-electron chi connectivity index (χ4n) is 10.6. The standard InChI is InChI=1S/C30H50O3/c1-25(2)14-15-26(3)16-17-29(6)19(23(26)24(25)33)8-9-21-27(4)12-11-22(32)28(5,18-31)20(27)10-13-30(21,29)7/h8,20-24,31-33H,9-18H2,1-7H3/t20-,21-,22+,23-,24-,26-,27+,28-,29-,30-/m1/s1. The number of aliphatic hydroxyl groups is 3. The van der Waals surface area contributed by atoms with Crippen LogP contribution < -0.4 is 0 Å². The summed E-state index contributed by atoms with van der Waals surface area (Å²) in [6.07, 6.45) is 11.9. The SMILES string of the molecule is CC1(C)CC[C@]2(C)CC[C@]3(C)C(=CC[C@@H]4[C@@]5(C)CC[C@H](O)[C@](C)(CO)[C@@H]5CC[C@]43C)[C@@H]2[C@H]1O. The second-order valence-electron chi connectivity index (χ2n) is 15.1. The van der Waals surface area contributed by atoms with Crippen LogP contribution in [0.4, 0.5) is 0 Å². The maximum absolute atomic E-state index is 11.7. The predicted molar refractivity (Wildman–Crippen MR) is 134 cm³/mol. The number of fused-ring (bicyclic) bond motifs is 7. The third kappa shape index (κ3) is 2.85. The van der Waals surface area contributed by atoms with Crippen molar-refractivity contribution in [1.29, 1.82) is 0 Å². The molecule has 0 unspecified atom stereocenters. The monoisotopic (exact) mass is 458 g/mol. The fraction of sp³-hybridized carbons (Fsp3) is 0.933. The maximum atomic E-state index is 11.7. The van der Waals surface area contributed by atoms with Crippen molar-refractivity contribution < 1.29 is 15.3 Å². The van der Waals surface area contributed by atoms with E-state index in [-0.39, 0.29) is 45.7 Å². The molecule has 10 atom stereocenters. The molecule has 5 aliphatic carbocycles. The van der Waals surface area contributed by atoms with Gasteiger partial charge in [-0.3, -0.25) is 0 Å². The number of aliphatic hydroxyl groups excluding tert-OH is 3. The van der Waals surface area contributed by atoms with Crippen molar-refractivity contribution in [3.63, 3.8) is 0 Å². The van der Waals surface area contributed by atoms with Crippen LogP contribution in [0.15, 0.2) is 11.6 Å². The van der Waals surface area contributed by atoms with E-state index in [1.165, 1.54) is 19.3 Å². The number of allylic oxidation sites excluding steroid dienone is 1. The first-order chi connectivity index (χ1) is 15.2. The zero-order chi connectivity index (χ0) is 24.2. The van der Waals surface area contributed by atoms with Crippen LogP contribution in [-0.2, 0) is 0 Å². The van der Waals surface area contributed by atoms with Crippen LogP contribution in [0.5, 0.6) is 0 Å². The van der Waals surface area contributed by atoms with Crippen molar-refractivity contribution in [2.45, 2.75) is 118 Å². The van der Waals surface area contributed by atoms with E-state index in [4.69, 9.17) is 0 Å². The van der Waals surface area contributed by atoms with Crippen molar-refractivity contribution in [2.75, 3.05) is 6.61 Å². The fourth-order valence-corrected chi connectivity index (χ4v) is 10.6. The highest BCUT2D eigenvalue weighted by Gasteiger charge is 2.69. The van der Waals surface area contributed by atoms with E-state index in [1.807, 2.05) is 0 Å². The molecule has 0 aromatic carbocycles. The quantitative estimate of drug-likeness (QED) is 0.415.